The van der Waals surface area contributed by atoms with E-state index in [4.69, 9.17) is 11.6 Å². The van der Waals surface area contributed by atoms with Gasteiger partial charge in [-0.1, -0.05) is 50.6 Å². The number of hydrogen-bond donors (Lipinski definition) is 1. The highest BCUT2D eigenvalue weighted by Crippen LogP contribution is 2.32. The molecule has 2 aromatic rings. The molecular weight excluding hydrogens is 352 g/mol. The van der Waals surface area contributed by atoms with Crippen LogP contribution in [0.1, 0.15) is 26.3 Å². The summed E-state index contributed by atoms with van der Waals surface area (Å²) in [4.78, 5) is 9.88. The monoisotopic (exact) mass is 368 g/mol. The maximum Gasteiger partial charge on any atom is 0.289 e. The first-order valence-electron chi connectivity index (χ1n) is 7.08. The van der Waals surface area contributed by atoms with Crippen molar-refractivity contribution < 1.29 is 13.3 Å². The molecule has 6 nitrogen and oxygen atoms in total. The van der Waals surface area contributed by atoms with Gasteiger partial charge in [-0.2, -0.15) is 0 Å². The number of hydrogen-bond acceptors (Lipinski definition) is 4. The lowest BCUT2D eigenvalue weighted by Crippen LogP contribution is -2.16. The Hall–Kier alpha value is -2.12. The van der Waals surface area contributed by atoms with E-state index in [0.29, 0.717) is 0 Å². The van der Waals surface area contributed by atoms with Crippen molar-refractivity contribution in [3.8, 4) is 0 Å². The van der Waals surface area contributed by atoms with Gasteiger partial charge in [-0.25, -0.2) is 8.42 Å². The molecule has 0 aliphatic heterocycles. The van der Waals surface area contributed by atoms with Crippen LogP contribution in [-0.4, -0.2) is 13.3 Å². The van der Waals surface area contributed by atoms with Crippen LogP contribution in [0.5, 0.6) is 0 Å². The topological polar surface area (TPSA) is 89.3 Å². The molecule has 0 saturated heterocycles. The van der Waals surface area contributed by atoms with E-state index in [0.717, 1.165) is 11.6 Å². The fraction of sp³-hybridized carbons (Fsp3) is 0.250. The molecular formula is C16H17ClN2O4S. The van der Waals surface area contributed by atoms with E-state index in [9.17, 15) is 18.5 Å². The summed E-state index contributed by atoms with van der Waals surface area (Å²) in [6.07, 6.45) is 0. The van der Waals surface area contributed by atoms with Gasteiger partial charge in [0.25, 0.3) is 15.7 Å². The second-order valence-electron chi connectivity index (χ2n) is 6.27. The molecule has 2 aromatic carbocycles. The first-order valence-corrected chi connectivity index (χ1v) is 8.95. The summed E-state index contributed by atoms with van der Waals surface area (Å²) in [5.74, 6) is 0. The highest BCUT2D eigenvalue weighted by Gasteiger charge is 2.26. The Bertz CT molecular complexity index is 889. The van der Waals surface area contributed by atoms with E-state index in [1.807, 2.05) is 20.8 Å². The molecule has 8 heteroatoms. The van der Waals surface area contributed by atoms with Crippen molar-refractivity contribution in [1.82, 2.24) is 0 Å². The molecule has 0 radical (unpaired) electrons. The summed E-state index contributed by atoms with van der Waals surface area (Å²) in [5, 5.41) is 11.3. The van der Waals surface area contributed by atoms with Crippen LogP contribution in [0.2, 0.25) is 5.02 Å². The average molecular weight is 369 g/mol. The zero-order chi connectivity index (χ0) is 18.1. The number of nitro groups is 1. The van der Waals surface area contributed by atoms with Crippen molar-refractivity contribution in [2.45, 2.75) is 31.1 Å². The second-order valence-corrected chi connectivity index (χ2v) is 8.33. The lowest BCUT2D eigenvalue weighted by Gasteiger charge is -2.20. The predicted molar refractivity (Wildman–Crippen MR) is 94.1 cm³/mol. The molecule has 0 saturated carbocycles. The molecule has 0 heterocycles. The van der Waals surface area contributed by atoms with E-state index in [-0.39, 0.29) is 16.1 Å². The largest absolute Gasteiger partial charge is 0.289 e. The molecule has 0 aromatic heterocycles. The third kappa shape index (κ3) is 3.85. The Morgan fingerprint density at radius 1 is 1.12 bits per heavy atom. The van der Waals surface area contributed by atoms with Gasteiger partial charge in [-0.15, -0.1) is 0 Å². The van der Waals surface area contributed by atoms with Gasteiger partial charge in [0.1, 0.15) is 0 Å². The molecule has 0 fully saturated rings. The van der Waals surface area contributed by atoms with Crippen LogP contribution < -0.4 is 4.72 Å². The van der Waals surface area contributed by atoms with Gasteiger partial charge in [-0.05, 0) is 29.2 Å². The molecule has 0 aliphatic rings. The van der Waals surface area contributed by atoms with Crippen LogP contribution in [0.25, 0.3) is 0 Å². The van der Waals surface area contributed by atoms with Crippen molar-refractivity contribution in [3.05, 3.63) is 63.2 Å². The molecule has 0 amide bonds. The molecule has 0 atom stereocenters. The summed E-state index contributed by atoms with van der Waals surface area (Å²) < 4.78 is 27.3. The average Bonchev–Trinajstić information content (AvgIpc) is 2.48. The number of sulfonamides is 1. The summed E-state index contributed by atoms with van der Waals surface area (Å²) in [6.45, 7) is 6.03. The Morgan fingerprint density at radius 2 is 1.75 bits per heavy atom. The van der Waals surface area contributed by atoms with Gasteiger partial charge in [0, 0.05) is 6.07 Å². The van der Waals surface area contributed by atoms with Gasteiger partial charge in [0.05, 0.1) is 15.6 Å². The standard InChI is InChI=1S/C16H17ClN2O4S/c1-16(2,3)11-8-9-13(12(17)10-11)18-24(22,23)15-7-5-4-6-14(15)19(20)21/h4-10,18H,1-3H3. The van der Waals surface area contributed by atoms with Crippen molar-refractivity contribution in [1.29, 1.82) is 0 Å². The quantitative estimate of drug-likeness (QED) is 0.641. The fourth-order valence-corrected chi connectivity index (χ4v) is 3.64. The molecule has 0 bridgehead atoms. The van der Waals surface area contributed by atoms with Crippen molar-refractivity contribution in [2.24, 2.45) is 0 Å². The Labute approximate surface area is 145 Å². The minimum Gasteiger partial charge on any atom is -0.278 e. The van der Waals surface area contributed by atoms with Crippen molar-refractivity contribution >= 4 is 33.0 Å². The van der Waals surface area contributed by atoms with Gasteiger partial charge in [-0.3, -0.25) is 14.8 Å². The summed E-state index contributed by atoms with van der Waals surface area (Å²) in [5.41, 5.74) is 0.482. The van der Waals surface area contributed by atoms with E-state index < -0.39 is 25.5 Å². The maximum absolute atomic E-state index is 12.5. The lowest BCUT2D eigenvalue weighted by atomic mass is 9.87. The van der Waals surface area contributed by atoms with Crippen LogP contribution in [-0.2, 0) is 15.4 Å². The van der Waals surface area contributed by atoms with Gasteiger partial charge >= 0.3 is 0 Å². The smallest absolute Gasteiger partial charge is 0.278 e. The first-order chi connectivity index (χ1) is 11.0. The van der Waals surface area contributed by atoms with Crippen LogP contribution >= 0.6 is 11.6 Å². The number of rotatable bonds is 4. The number of nitrogens with one attached hydrogen (secondary N) is 1. The predicted octanol–water partition coefficient (Wildman–Crippen LogP) is 4.35. The zero-order valence-corrected chi connectivity index (χ0v) is 15.0. The van der Waals surface area contributed by atoms with E-state index in [1.165, 1.54) is 18.2 Å². The normalized spacial score (nSPS) is 12.0. The Morgan fingerprint density at radius 3 is 2.29 bits per heavy atom. The number of nitro benzene ring substituents is 1. The number of halogens is 1. The minimum absolute atomic E-state index is 0.140. The van der Waals surface area contributed by atoms with Gasteiger partial charge < -0.3 is 0 Å². The highest BCUT2D eigenvalue weighted by atomic mass is 35.5. The van der Waals surface area contributed by atoms with Gasteiger partial charge in [0.15, 0.2) is 4.90 Å². The zero-order valence-electron chi connectivity index (χ0n) is 13.4. The lowest BCUT2D eigenvalue weighted by molar-refractivity contribution is -0.387. The summed E-state index contributed by atoms with van der Waals surface area (Å²) in [7, 11) is -4.14. The number of anilines is 1. The van der Waals surface area contributed by atoms with Crippen LogP contribution in [0.15, 0.2) is 47.4 Å². The van der Waals surface area contributed by atoms with E-state index in [2.05, 4.69) is 4.72 Å². The molecule has 0 spiro atoms. The molecule has 24 heavy (non-hydrogen) atoms. The minimum atomic E-state index is -4.14. The third-order valence-electron chi connectivity index (χ3n) is 3.43. The SMILES string of the molecule is CC(C)(C)c1ccc(NS(=O)(=O)c2ccccc2[N+](=O)[O-])c(Cl)c1. The second kappa shape index (κ2) is 6.41. The van der Waals surface area contributed by atoms with Crippen LogP contribution in [0, 0.1) is 10.1 Å². The van der Waals surface area contributed by atoms with Crippen molar-refractivity contribution in [3.63, 3.8) is 0 Å². The Kier molecular flexibility index (Phi) is 4.87. The summed E-state index contributed by atoms with van der Waals surface area (Å²) >= 11 is 6.17. The Balaban J connectivity index is 2.43. The number of para-hydroxylation sites is 1. The molecule has 128 valence electrons. The number of nitrogens with zero attached hydrogens (tertiary/aromatic N) is 1. The van der Waals surface area contributed by atoms with E-state index >= 15 is 0 Å². The summed E-state index contributed by atoms with van der Waals surface area (Å²) in [6, 6.07) is 10.1. The fourth-order valence-electron chi connectivity index (χ4n) is 2.10. The van der Waals surface area contributed by atoms with Crippen molar-refractivity contribution in [2.75, 3.05) is 4.72 Å². The highest BCUT2D eigenvalue weighted by molar-refractivity contribution is 7.92. The molecule has 2 rings (SSSR count). The van der Waals surface area contributed by atoms with Crippen LogP contribution in [0.4, 0.5) is 11.4 Å². The molecule has 1 N–H and O–H groups in total. The maximum atomic E-state index is 12.5. The first kappa shape index (κ1) is 18.2. The van der Waals surface area contributed by atoms with E-state index in [1.54, 1.807) is 18.2 Å². The third-order valence-corrected chi connectivity index (χ3v) is 5.16. The number of benzene rings is 2. The molecule has 0 unspecified atom stereocenters. The van der Waals surface area contributed by atoms with Gasteiger partial charge in [0.2, 0.25) is 0 Å². The van der Waals surface area contributed by atoms with Crippen LogP contribution in [0.3, 0.4) is 0 Å². The molecule has 0 aliphatic carbocycles.